The van der Waals surface area contributed by atoms with Gasteiger partial charge in [-0.1, -0.05) is 24.6 Å². The lowest BCUT2D eigenvalue weighted by Crippen LogP contribution is -2.47. The van der Waals surface area contributed by atoms with Crippen LogP contribution < -0.4 is 10.6 Å². The van der Waals surface area contributed by atoms with E-state index in [1.54, 1.807) is 16.7 Å². The second kappa shape index (κ2) is 8.05. The molecule has 1 heterocycles. The Morgan fingerprint density at radius 2 is 1.59 bits per heavy atom. The predicted molar refractivity (Wildman–Crippen MR) is 110 cm³/mol. The van der Waals surface area contributed by atoms with Crippen molar-refractivity contribution in [3.8, 4) is 0 Å². The quantitative estimate of drug-likeness (QED) is 0.820. The molecule has 1 aliphatic carbocycles. The second-order valence-electron chi connectivity index (χ2n) is 7.01. The predicted octanol–water partition coefficient (Wildman–Crippen LogP) is 4.07. The Hall–Kier alpha value is -2.47. The first-order valence-corrected chi connectivity index (χ1v) is 10.5. The van der Waals surface area contributed by atoms with Gasteiger partial charge in [-0.25, -0.2) is 0 Å². The molecular formula is C21H23N3O2S. The molecule has 4 rings (SSSR count). The number of benzene rings is 2. The first kappa shape index (κ1) is 17.9. The van der Waals surface area contributed by atoms with Gasteiger partial charge in [0.25, 0.3) is 0 Å². The molecule has 2 fully saturated rings. The summed E-state index contributed by atoms with van der Waals surface area (Å²) >= 11 is 1.65. The minimum atomic E-state index is -0.370. The third-order valence-electron chi connectivity index (χ3n) is 5.14. The molecule has 0 radical (unpaired) electrons. The Bertz CT molecular complexity index is 806. The first-order valence-electron chi connectivity index (χ1n) is 9.32. The summed E-state index contributed by atoms with van der Waals surface area (Å²) in [6.45, 7) is 0. The zero-order valence-electron chi connectivity index (χ0n) is 15.1. The Morgan fingerprint density at radius 1 is 0.926 bits per heavy atom. The monoisotopic (exact) mass is 381 g/mol. The smallest absolute Gasteiger partial charge is 0.248 e. The third-order valence-corrected chi connectivity index (χ3v) is 6.15. The van der Waals surface area contributed by atoms with E-state index in [1.807, 2.05) is 54.6 Å². The highest BCUT2D eigenvalue weighted by molar-refractivity contribution is 7.99. The van der Waals surface area contributed by atoms with E-state index in [0.29, 0.717) is 11.6 Å². The fraction of sp³-hybridized carbons (Fsp3) is 0.333. The second-order valence-corrected chi connectivity index (χ2v) is 8.01. The normalized spacial score (nSPS) is 19.4. The molecular weight excluding hydrogens is 358 g/mol. The molecule has 2 aliphatic rings. The van der Waals surface area contributed by atoms with Crippen LogP contribution in [0.2, 0.25) is 0 Å². The van der Waals surface area contributed by atoms with Gasteiger partial charge in [-0.15, -0.1) is 11.8 Å². The Labute approximate surface area is 163 Å². The zero-order valence-corrected chi connectivity index (χ0v) is 15.9. The van der Waals surface area contributed by atoms with Crippen LogP contribution >= 0.6 is 11.8 Å². The molecule has 1 unspecified atom stereocenters. The molecule has 140 valence electrons. The molecule has 1 aliphatic heterocycles. The van der Waals surface area contributed by atoms with Crippen molar-refractivity contribution in [2.45, 2.75) is 25.3 Å². The number of para-hydroxylation sites is 1. The van der Waals surface area contributed by atoms with Crippen LogP contribution in [0.25, 0.3) is 0 Å². The van der Waals surface area contributed by atoms with Gasteiger partial charge in [0.05, 0.1) is 5.88 Å². The van der Waals surface area contributed by atoms with Gasteiger partial charge in [0, 0.05) is 28.7 Å². The average Bonchev–Trinajstić information content (AvgIpc) is 3.13. The van der Waals surface area contributed by atoms with E-state index in [-0.39, 0.29) is 23.8 Å². The molecule has 0 bridgehead atoms. The number of amides is 2. The summed E-state index contributed by atoms with van der Waals surface area (Å²) in [6, 6.07) is 17.2. The van der Waals surface area contributed by atoms with E-state index in [2.05, 4.69) is 10.6 Å². The molecule has 5 nitrogen and oxygen atoms in total. The van der Waals surface area contributed by atoms with E-state index in [4.69, 9.17) is 0 Å². The molecule has 6 heteroatoms. The lowest BCUT2D eigenvalue weighted by atomic mass is 9.84. The lowest BCUT2D eigenvalue weighted by Gasteiger charge is -2.31. The average molecular weight is 382 g/mol. The van der Waals surface area contributed by atoms with Gasteiger partial charge in [0.2, 0.25) is 11.8 Å². The maximum Gasteiger partial charge on any atom is 0.248 e. The zero-order chi connectivity index (χ0) is 18.6. The van der Waals surface area contributed by atoms with Crippen LogP contribution in [0.4, 0.5) is 17.1 Å². The molecule has 27 heavy (non-hydrogen) atoms. The van der Waals surface area contributed by atoms with Crippen LogP contribution in [0.3, 0.4) is 0 Å². The van der Waals surface area contributed by atoms with E-state index in [9.17, 15) is 9.59 Å². The standard InChI is InChI=1S/C21H23N3O2S/c25-20(19-13-27-14-24(19)21(26)15-5-4-6-15)23-18-11-9-17(10-12-18)22-16-7-2-1-3-8-16/h1-3,7-12,15,19,22H,4-6,13-14H2,(H,23,25). The maximum atomic E-state index is 12.7. The van der Waals surface area contributed by atoms with Gasteiger partial charge in [-0.2, -0.15) is 0 Å². The molecule has 2 aromatic carbocycles. The summed E-state index contributed by atoms with van der Waals surface area (Å²) in [4.78, 5) is 27.0. The number of hydrogen-bond acceptors (Lipinski definition) is 4. The van der Waals surface area contributed by atoms with Crippen LogP contribution in [-0.2, 0) is 9.59 Å². The number of rotatable bonds is 5. The van der Waals surface area contributed by atoms with Crippen LogP contribution in [0.5, 0.6) is 0 Å². The van der Waals surface area contributed by atoms with E-state index >= 15 is 0 Å². The molecule has 1 saturated carbocycles. The highest BCUT2D eigenvalue weighted by Crippen LogP contribution is 2.32. The first-order chi connectivity index (χ1) is 13.2. The third kappa shape index (κ3) is 4.11. The molecule has 1 saturated heterocycles. The number of carbonyl (C=O) groups is 2. The molecule has 0 aromatic heterocycles. The maximum absolute atomic E-state index is 12.7. The van der Waals surface area contributed by atoms with Crippen molar-refractivity contribution >= 4 is 40.6 Å². The lowest BCUT2D eigenvalue weighted by molar-refractivity contribution is -0.141. The molecule has 1 atom stereocenters. The van der Waals surface area contributed by atoms with Crippen molar-refractivity contribution in [3.63, 3.8) is 0 Å². The number of nitrogens with zero attached hydrogens (tertiary/aromatic N) is 1. The molecule has 2 N–H and O–H groups in total. The van der Waals surface area contributed by atoms with Gasteiger partial charge < -0.3 is 15.5 Å². The Balaban J connectivity index is 1.36. The van der Waals surface area contributed by atoms with Gasteiger partial charge in [0.15, 0.2) is 0 Å². The topological polar surface area (TPSA) is 61.4 Å². The highest BCUT2D eigenvalue weighted by atomic mass is 32.2. The van der Waals surface area contributed by atoms with Gasteiger partial charge in [0.1, 0.15) is 6.04 Å². The van der Waals surface area contributed by atoms with Crippen molar-refractivity contribution in [1.29, 1.82) is 0 Å². The van der Waals surface area contributed by atoms with E-state index in [0.717, 1.165) is 36.3 Å². The number of thioether (sulfide) groups is 1. The summed E-state index contributed by atoms with van der Waals surface area (Å²) in [5.41, 5.74) is 2.71. The Morgan fingerprint density at radius 3 is 2.26 bits per heavy atom. The fourth-order valence-corrected chi connectivity index (χ4v) is 4.48. The number of nitrogens with one attached hydrogen (secondary N) is 2. The largest absolute Gasteiger partial charge is 0.356 e. The van der Waals surface area contributed by atoms with Crippen LogP contribution in [-0.4, -0.2) is 34.4 Å². The minimum absolute atomic E-state index is 0.101. The van der Waals surface area contributed by atoms with Gasteiger partial charge in [-0.3, -0.25) is 9.59 Å². The van der Waals surface area contributed by atoms with Crippen molar-refractivity contribution in [2.75, 3.05) is 22.3 Å². The SMILES string of the molecule is O=C(Nc1ccc(Nc2ccccc2)cc1)C1CSCN1C(=O)C1CCC1. The van der Waals surface area contributed by atoms with Crippen LogP contribution in [0.1, 0.15) is 19.3 Å². The molecule has 2 aromatic rings. The molecule has 2 amide bonds. The van der Waals surface area contributed by atoms with Crippen molar-refractivity contribution in [2.24, 2.45) is 5.92 Å². The highest BCUT2D eigenvalue weighted by Gasteiger charge is 2.39. The molecule has 0 spiro atoms. The summed E-state index contributed by atoms with van der Waals surface area (Å²) in [7, 11) is 0. The summed E-state index contributed by atoms with van der Waals surface area (Å²) in [6.07, 6.45) is 3.05. The number of carbonyl (C=O) groups excluding carboxylic acids is 2. The van der Waals surface area contributed by atoms with Crippen LogP contribution in [0, 0.1) is 5.92 Å². The van der Waals surface area contributed by atoms with Crippen molar-refractivity contribution in [3.05, 3.63) is 54.6 Å². The fourth-order valence-electron chi connectivity index (χ4n) is 3.32. The minimum Gasteiger partial charge on any atom is -0.356 e. The summed E-state index contributed by atoms with van der Waals surface area (Å²) in [5, 5.41) is 6.28. The van der Waals surface area contributed by atoms with Crippen molar-refractivity contribution < 1.29 is 9.59 Å². The van der Waals surface area contributed by atoms with Crippen LogP contribution in [0.15, 0.2) is 54.6 Å². The number of anilines is 3. The summed E-state index contributed by atoms with van der Waals surface area (Å²) in [5.74, 6) is 1.46. The van der Waals surface area contributed by atoms with Gasteiger partial charge >= 0.3 is 0 Å². The van der Waals surface area contributed by atoms with E-state index in [1.165, 1.54) is 0 Å². The van der Waals surface area contributed by atoms with Gasteiger partial charge in [-0.05, 0) is 49.2 Å². The van der Waals surface area contributed by atoms with Crippen molar-refractivity contribution in [1.82, 2.24) is 4.90 Å². The summed E-state index contributed by atoms with van der Waals surface area (Å²) < 4.78 is 0. The van der Waals surface area contributed by atoms with E-state index < -0.39 is 0 Å². The Kier molecular flexibility index (Phi) is 5.34. The number of hydrogen-bond donors (Lipinski definition) is 2.